The maximum absolute atomic E-state index is 12.3. The second-order valence-electron chi connectivity index (χ2n) is 4.78. The van der Waals surface area contributed by atoms with E-state index >= 15 is 0 Å². The van der Waals surface area contributed by atoms with E-state index < -0.39 is 0 Å². The summed E-state index contributed by atoms with van der Waals surface area (Å²) in [6, 6.07) is -0.383. The summed E-state index contributed by atoms with van der Waals surface area (Å²) in [7, 11) is 0. The van der Waals surface area contributed by atoms with Crippen molar-refractivity contribution in [3.05, 3.63) is 23.2 Å². The summed E-state index contributed by atoms with van der Waals surface area (Å²) in [5.41, 5.74) is 0.710. The Morgan fingerprint density at radius 1 is 1.60 bits per heavy atom. The molecule has 1 fully saturated rings. The highest BCUT2D eigenvalue weighted by atomic mass is 32.1. The van der Waals surface area contributed by atoms with Gasteiger partial charge in [0.15, 0.2) is 5.13 Å². The van der Waals surface area contributed by atoms with Crippen LogP contribution in [-0.4, -0.2) is 34.3 Å². The van der Waals surface area contributed by atoms with Gasteiger partial charge in [0, 0.05) is 23.7 Å². The maximum Gasteiger partial charge on any atom is 0.249 e. The van der Waals surface area contributed by atoms with E-state index in [4.69, 9.17) is 0 Å². The van der Waals surface area contributed by atoms with Crippen molar-refractivity contribution in [2.24, 2.45) is 0 Å². The molecule has 0 aromatic carbocycles. The molecular formula is C14H19N3O2S. The van der Waals surface area contributed by atoms with Crippen LogP contribution < -0.4 is 5.32 Å². The number of rotatable bonds is 4. The van der Waals surface area contributed by atoms with Gasteiger partial charge >= 0.3 is 0 Å². The van der Waals surface area contributed by atoms with Crippen molar-refractivity contribution < 1.29 is 9.59 Å². The number of carbonyl (C=O) groups is 2. The molecule has 108 valence electrons. The molecule has 0 radical (unpaired) electrons. The molecule has 2 amide bonds. The van der Waals surface area contributed by atoms with Crippen molar-refractivity contribution in [2.75, 3.05) is 11.9 Å². The lowest BCUT2D eigenvalue weighted by Crippen LogP contribution is -2.43. The Hall–Kier alpha value is -1.69. The van der Waals surface area contributed by atoms with Gasteiger partial charge in [-0.05, 0) is 26.2 Å². The number of nitrogens with zero attached hydrogens (tertiary/aromatic N) is 2. The Bertz CT molecular complexity index is 510. The summed E-state index contributed by atoms with van der Waals surface area (Å²) in [6.45, 7) is 4.44. The van der Waals surface area contributed by atoms with Crippen molar-refractivity contribution in [1.82, 2.24) is 9.88 Å². The molecule has 1 aliphatic rings. The van der Waals surface area contributed by atoms with E-state index in [2.05, 4.69) is 10.3 Å². The fourth-order valence-corrected chi connectivity index (χ4v) is 2.91. The molecule has 5 nitrogen and oxygen atoms in total. The smallest absolute Gasteiger partial charge is 0.249 e. The third-order valence-electron chi connectivity index (χ3n) is 3.33. The first-order valence-electron chi connectivity index (χ1n) is 6.81. The molecule has 0 spiro atoms. The molecule has 6 heteroatoms. The molecule has 2 heterocycles. The maximum atomic E-state index is 12.3. The molecule has 1 unspecified atom stereocenters. The van der Waals surface area contributed by atoms with Crippen LogP contribution in [-0.2, 0) is 9.59 Å². The Labute approximate surface area is 122 Å². The van der Waals surface area contributed by atoms with E-state index in [9.17, 15) is 9.59 Å². The predicted molar refractivity (Wildman–Crippen MR) is 79.5 cm³/mol. The first kappa shape index (κ1) is 14.7. The average molecular weight is 293 g/mol. The van der Waals surface area contributed by atoms with E-state index in [0.717, 1.165) is 12.8 Å². The molecule has 2 rings (SSSR count). The minimum absolute atomic E-state index is 0.0383. The Kier molecular flexibility index (Phi) is 4.89. The van der Waals surface area contributed by atoms with Gasteiger partial charge in [-0.3, -0.25) is 9.59 Å². The van der Waals surface area contributed by atoms with E-state index in [0.29, 0.717) is 23.7 Å². The van der Waals surface area contributed by atoms with Crippen LogP contribution in [0, 0.1) is 0 Å². The summed E-state index contributed by atoms with van der Waals surface area (Å²) in [6.07, 6.45) is 5.94. The zero-order chi connectivity index (χ0) is 14.5. The second kappa shape index (κ2) is 6.65. The van der Waals surface area contributed by atoms with Crippen LogP contribution in [0.15, 0.2) is 23.2 Å². The van der Waals surface area contributed by atoms with Crippen LogP contribution in [0.2, 0.25) is 0 Å². The van der Waals surface area contributed by atoms with Crippen LogP contribution in [0.1, 0.15) is 33.1 Å². The van der Waals surface area contributed by atoms with Gasteiger partial charge in [-0.25, -0.2) is 4.98 Å². The molecule has 0 bridgehead atoms. The molecule has 0 saturated carbocycles. The second-order valence-corrected chi connectivity index (χ2v) is 5.67. The number of amides is 2. The summed E-state index contributed by atoms with van der Waals surface area (Å²) in [5.74, 6) is -0.182. The lowest BCUT2D eigenvalue weighted by atomic mass is 10.1. The average Bonchev–Trinajstić information content (AvgIpc) is 3.08. The van der Waals surface area contributed by atoms with Gasteiger partial charge < -0.3 is 10.2 Å². The Balaban J connectivity index is 2.05. The summed E-state index contributed by atoms with van der Waals surface area (Å²) < 4.78 is 0. The van der Waals surface area contributed by atoms with Gasteiger partial charge in [0.2, 0.25) is 11.8 Å². The van der Waals surface area contributed by atoms with E-state index in [1.807, 2.05) is 13.0 Å². The van der Waals surface area contributed by atoms with Gasteiger partial charge in [0.1, 0.15) is 6.04 Å². The van der Waals surface area contributed by atoms with Crippen LogP contribution >= 0.6 is 11.3 Å². The lowest BCUT2D eigenvalue weighted by Gasteiger charge is -2.23. The highest BCUT2D eigenvalue weighted by Crippen LogP contribution is 2.22. The van der Waals surface area contributed by atoms with Crippen molar-refractivity contribution in [2.45, 2.75) is 39.2 Å². The zero-order valence-electron chi connectivity index (χ0n) is 11.8. The predicted octanol–water partition coefficient (Wildman–Crippen LogP) is 2.43. The fraction of sp³-hybridized carbons (Fsp3) is 0.500. The van der Waals surface area contributed by atoms with Crippen molar-refractivity contribution in [3.63, 3.8) is 0 Å². The number of hydrogen-bond donors (Lipinski definition) is 1. The van der Waals surface area contributed by atoms with Crippen LogP contribution in [0.4, 0.5) is 5.13 Å². The zero-order valence-corrected chi connectivity index (χ0v) is 12.6. The summed E-state index contributed by atoms with van der Waals surface area (Å²) >= 11 is 1.38. The van der Waals surface area contributed by atoms with Crippen molar-refractivity contribution >= 4 is 28.3 Å². The lowest BCUT2D eigenvalue weighted by molar-refractivity contribution is -0.133. The Morgan fingerprint density at radius 2 is 2.40 bits per heavy atom. The number of nitrogens with one attached hydrogen (secondary N) is 1. The first-order chi connectivity index (χ1) is 9.63. The molecular weight excluding hydrogens is 274 g/mol. The summed E-state index contributed by atoms with van der Waals surface area (Å²) in [4.78, 5) is 30.3. The van der Waals surface area contributed by atoms with Crippen LogP contribution in [0.25, 0.3) is 0 Å². The highest BCUT2D eigenvalue weighted by molar-refractivity contribution is 7.13. The molecule has 1 aliphatic heterocycles. The number of anilines is 1. The van der Waals surface area contributed by atoms with E-state index in [-0.39, 0.29) is 17.9 Å². The minimum Gasteiger partial charge on any atom is -0.327 e. The number of aromatic nitrogens is 1. The molecule has 1 saturated heterocycles. The van der Waals surface area contributed by atoms with Gasteiger partial charge in [0.25, 0.3) is 0 Å². The van der Waals surface area contributed by atoms with E-state index in [1.54, 1.807) is 23.4 Å². The number of thiazole rings is 1. The number of carbonyl (C=O) groups excluding carboxylic acids is 2. The van der Waals surface area contributed by atoms with Crippen molar-refractivity contribution in [3.8, 4) is 0 Å². The van der Waals surface area contributed by atoms with Gasteiger partial charge in [0.05, 0.1) is 0 Å². The van der Waals surface area contributed by atoms with E-state index in [1.165, 1.54) is 11.3 Å². The van der Waals surface area contributed by atoms with Crippen LogP contribution in [0.3, 0.4) is 0 Å². The van der Waals surface area contributed by atoms with Crippen LogP contribution in [0.5, 0.6) is 0 Å². The quantitative estimate of drug-likeness (QED) is 0.867. The van der Waals surface area contributed by atoms with Crippen molar-refractivity contribution in [1.29, 1.82) is 0 Å². The largest absolute Gasteiger partial charge is 0.327 e. The topological polar surface area (TPSA) is 62.3 Å². The molecule has 1 aromatic rings. The molecule has 20 heavy (non-hydrogen) atoms. The third kappa shape index (κ3) is 3.25. The molecule has 1 atom stereocenters. The minimum atomic E-state index is -0.383. The monoisotopic (exact) mass is 293 g/mol. The highest BCUT2D eigenvalue weighted by Gasteiger charge is 2.34. The standard InChI is InChI=1S/C14H19N3O2S/c1-3-5-10(2)13(19)17-8-4-6-11(17)12(18)16-14-15-7-9-20-14/h5,7,9,11H,3-4,6,8H2,1-2H3,(H,15,16,18)/b10-5+. The fourth-order valence-electron chi connectivity index (χ4n) is 2.38. The number of hydrogen-bond acceptors (Lipinski definition) is 4. The number of likely N-dealkylation sites (tertiary alicyclic amines) is 1. The Morgan fingerprint density at radius 3 is 3.05 bits per heavy atom. The van der Waals surface area contributed by atoms with Gasteiger partial charge in [-0.15, -0.1) is 11.3 Å². The van der Waals surface area contributed by atoms with Gasteiger partial charge in [-0.1, -0.05) is 13.0 Å². The normalized spacial score (nSPS) is 19.2. The molecule has 0 aliphatic carbocycles. The van der Waals surface area contributed by atoms with Gasteiger partial charge in [-0.2, -0.15) is 0 Å². The molecule has 1 aromatic heterocycles. The summed E-state index contributed by atoms with van der Waals surface area (Å²) in [5, 5.41) is 5.16. The third-order valence-corrected chi connectivity index (χ3v) is 4.01. The number of allylic oxidation sites excluding steroid dienone is 1. The first-order valence-corrected chi connectivity index (χ1v) is 7.69. The molecule has 1 N–H and O–H groups in total. The SMILES string of the molecule is CC/C=C(\C)C(=O)N1CCCC1C(=O)Nc1nccs1.